The molecule has 0 spiro atoms. The number of amides is 2. The Kier molecular flexibility index (Phi) is 10.4. The Morgan fingerprint density at radius 1 is 1.17 bits per heavy atom. The average molecular weight is 504 g/mol. The Morgan fingerprint density at radius 2 is 1.91 bits per heavy atom. The van der Waals surface area contributed by atoms with Crippen LogP contribution in [-0.4, -0.2) is 41.5 Å². The van der Waals surface area contributed by atoms with Gasteiger partial charge in [-0.1, -0.05) is 25.8 Å². The van der Waals surface area contributed by atoms with Gasteiger partial charge in [0, 0.05) is 25.2 Å². The second-order valence-electron chi connectivity index (χ2n) is 9.02. The van der Waals surface area contributed by atoms with Crippen molar-refractivity contribution in [2.75, 3.05) is 25.0 Å². The number of carbonyl (C=O) groups is 2. The van der Waals surface area contributed by atoms with Crippen molar-refractivity contribution in [3.8, 4) is 11.5 Å². The molecular formula is C27H38ClN3O4. The summed E-state index contributed by atoms with van der Waals surface area (Å²) in [5.41, 5.74) is 10.3. The molecular weight excluding hydrogens is 466 g/mol. The lowest BCUT2D eigenvalue weighted by Gasteiger charge is -2.37. The van der Waals surface area contributed by atoms with E-state index in [1.807, 2.05) is 32.0 Å². The van der Waals surface area contributed by atoms with Crippen LogP contribution < -0.4 is 15.8 Å². The Morgan fingerprint density at radius 3 is 2.60 bits per heavy atom. The third-order valence-electron chi connectivity index (χ3n) is 6.61. The first kappa shape index (κ1) is 28.5. The van der Waals surface area contributed by atoms with Crippen LogP contribution in [0.25, 0.3) is 0 Å². The first-order valence-corrected chi connectivity index (χ1v) is 12.1. The summed E-state index contributed by atoms with van der Waals surface area (Å²) in [6, 6.07) is 6.74. The maximum atomic E-state index is 13.7. The summed E-state index contributed by atoms with van der Waals surface area (Å²) >= 11 is 0. The van der Waals surface area contributed by atoms with E-state index in [2.05, 4.69) is 12.2 Å². The number of hydrogen-bond acceptors (Lipinski definition) is 5. The number of ether oxygens (including phenoxy) is 1. The molecule has 0 bridgehead atoms. The average Bonchev–Trinajstić information content (AvgIpc) is 2.83. The molecule has 3 rings (SSSR count). The molecule has 1 atom stereocenters. The van der Waals surface area contributed by atoms with E-state index in [9.17, 15) is 14.7 Å². The van der Waals surface area contributed by atoms with Gasteiger partial charge in [0.2, 0.25) is 5.91 Å². The largest absolute Gasteiger partial charge is 0.507 e. The molecule has 1 aliphatic heterocycles. The van der Waals surface area contributed by atoms with Crippen molar-refractivity contribution in [1.82, 2.24) is 4.90 Å². The summed E-state index contributed by atoms with van der Waals surface area (Å²) in [5, 5.41) is 13.3. The van der Waals surface area contributed by atoms with E-state index >= 15 is 0 Å². The van der Waals surface area contributed by atoms with E-state index in [1.165, 1.54) is 0 Å². The molecule has 7 nitrogen and oxygen atoms in total. The van der Waals surface area contributed by atoms with Crippen molar-refractivity contribution in [3.63, 3.8) is 0 Å². The number of fused-ring (bicyclic) bond motifs is 1. The lowest BCUT2D eigenvalue weighted by atomic mass is 9.91. The van der Waals surface area contributed by atoms with Crippen LogP contribution in [0.2, 0.25) is 0 Å². The standard InChI is InChI=1S/C27H37N3O4.ClH/c1-5-6-7-8-24(31)30-13-11-20-9-10-21(34-14-12-28)16-22(20)25(30)27(33)29-23-15-17(2)26(32)19(4)18(23)3;/h9-10,15-16,25,32H,5-8,11-14,28H2,1-4H3,(H,29,33);1H. The van der Waals surface area contributed by atoms with Crippen LogP contribution in [0, 0.1) is 20.8 Å². The molecule has 0 saturated carbocycles. The van der Waals surface area contributed by atoms with Crippen LogP contribution in [0.3, 0.4) is 0 Å². The molecule has 0 fully saturated rings. The summed E-state index contributed by atoms with van der Waals surface area (Å²) in [6.07, 6.45) is 3.93. The van der Waals surface area contributed by atoms with Crippen LogP contribution >= 0.6 is 12.4 Å². The highest BCUT2D eigenvalue weighted by Crippen LogP contribution is 2.36. The minimum absolute atomic E-state index is 0. The van der Waals surface area contributed by atoms with Crippen LogP contribution in [0.1, 0.15) is 66.5 Å². The predicted octanol–water partition coefficient (Wildman–Crippen LogP) is 4.72. The monoisotopic (exact) mass is 503 g/mol. The molecule has 8 heteroatoms. The maximum absolute atomic E-state index is 13.7. The number of carbonyl (C=O) groups excluding carboxylic acids is 2. The van der Waals surface area contributed by atoms with E-state index in [-0.39, 0.29) is 30.0 Å². The maximum Gasteiger partial charge on any atom is 0.251 e. The number of unbranched alkanes of at least 4 members (excludes halogenated alkanes) is 2. The van der Waals surface area contributed by atoms with E-state index in [0.717, 1.165) is 41.5 Å². The van der Waals surface area contributed by atoms with Gasteiger partial charge in [0.15, 0.2) is 0 Å². The fourth-order valence-electron chi connectivity index (χ4n) is 4.48. The molecule has 1 unspecified atom stereocenters. The number of phenols is 1. The van der Waals surface area contributed by atoms with Crippen molar-refractivity contribution in [2.45, 2.75) is 65.8 Å². The molecule has 2 amide bonds. The zero-order valence-corrected chi connectivity index (χ0v) is 22.0. The zero-order chi connectivity index (χ0) is 24.8. The van der Waals surface area contributed by atoms with Gasteiger partial charge >= 0.3 is 0 Å². The van der Waals surface area contributed by atoms with Crippen LogP contribution in [0.4, 0.5) is 5.69 Å². The van der Waals surface area contributed by atoms with E-state index in [4.69, 9.17) is 10.5 Å². The predicted molar refractivity (Wildman–Crippen MR) is 141 cm³/mol. The van der Waals surface area contributed by atoms with Gasteiger partial charge in [-0.3, -0.25) is 9.59 Å². The van der Waals surface area contributed by atoms with Gasteiger partial charge in [0.25, 0.3) is 5.91 Å². The number of nitrogens with two attached hydrogens (primary N) is 1. The van der Waals surface area contributed by atoms with Gasteiger partial charge in [0.1, 0.15) is 24.1 Å². The number of aryl methyl sites for hydroxylation is 1. The Labute approximate surface area is 214 Å². The number of nitrogens with one attached hydrogen (secondary N) is 1. The lowest BCUT2D eigenvalue weighted by Crippen LogP contribution is -2.45. The SMILES string of the molecule is CCCCCC(=O)N1CCc2ccc(OCCN)cc2C1C(=O)Nc1cc(C)c(O)c(C)c1C.Cl. The van der Waals surface area contributed by atoms with Crippen LogP contribution in [-0.2, 0) is 16.0 Å². The summed E-state index contributed by atoms with van der Waals surface area (Å²) < 4.78 is 5.72. The van der Waals surface area contributed by atoms with Crippen molar-refractivity contribution in [2.24, 2.45) is 5.73 Å². The van der Waals surface area contributed by atoms with Gasteiger partial charge < -0.3 is 25.8 Å². The third-order valence-corrected chi connectivity index (χ3v) is 6.61. The molecule has 1 heterocycles. The first-order chi connectivity index (χ1) is 16.3. The number of hydrogen-bond donors (Lipinski definition) is 3. The van der Waals surface area contributed by atoms with Gasteiger partial charge in [-0.15, -0.1) is 12.4 Å². The van der Waals surface area contributed by atoms with E-state index < -0.39 is 6.04 Å². The van der Waals surface area contributed by atoms with Crippen molar-refractivity contribution >= 4 is 29.9 Å². The number of halogens is 1. The van der Waals surface area contributed by atoms with Crippen LogP contribution in [0.15, 0.2) is 24.3 Å². The highest BCUT2D eigenvalue weighted by Gasteiger charge is 2.36. The van der Waals surface area contributed by atoms with Crippen LogP contribution in [0.5, 0.6) is 11.5 Å². The van der Waals surface area contributed by atoms with E-state index in [1.54, 1.807) is 17.9 Å². The number of nitrogens with zero attached hydrogens (tertiary/aromatic N) is 1. The molecule has 1 aliphatic rings. The highest BCUT2D eigenvalue weighted by atomic mass is 35.5. The summed E-state index contributed by atoms with van der Waals surface area (Å²) in [6.45, 7) is 8.86. The summed E-state index contributed by atoms with van der Waals surface area (Å²) in [5.74, 6) is 0.582. The summed E-state index contributed by atoms with van der Waals surface area (Å²) in [4.78, 5) is 28.6. The molecule has 0 radical (unpaired) electrons. The van der Waals surface area contributed by atoms with Gasteiger partial charge in [-0.25, -0.2) is 0 Å². The number of phenolic OH excluding ortho intramolecular Hbond substituents is 1. The summed E-state index contributed by atoms with van der Waals surface area (Å²) in [7, 11) is 0. The molecule has 35 heavy (non-hydrogen) atoms. The molecule has 4 N–H and O–H groups in total. The van der Waals surface area contributed by atoms with Gasteiger partial charge in [-0.2, -0.15) is 0 Å². The topological polar surface area (TPSA) is 105 Å². The normalized spacial score (nSPS) is 14.7. The minimum atomic E-state index is -0.756. The van der Waals surface area contributed by atoms with Crippen molar-refractivity contribution in [3.05, 3.63) is 52.1 Å². The number of rotatable bonds is 9. The lowest BCUT2D eigenvalue weighted by molar-refractivity contribution is -0.139. The van der Waals surface area contributed by atoms with Crippen molar-refractivity contribution < 1.29 is 19.4 Å². The Balaban J connectivity index is 0.00000432. The van der Waals surface area contributed by atoms with Gasteiger partial charge in [-0.05, 0) is 79.6 Å². The molecule has 192 valence electrons. The second kappa shape index (κ2) is 12.8. The van der Waals surface area contributed by atoms with E-state index in [0.29, 0.717) is 49.5 Å². The van der Waals surface area contributed by atoms with Crippen molar-refractivity contribution in [1.29, 1.82) is 0 Å². The fraction of sp³-hybridized carbons (Fsp3) is 0.481. The number of aromatic hydroxyl groups is 1. The smallest absolute Gasteiger partial charge is 0.251 e. The number of anilines is 1. The Hall–Kier alpha value is -2.77. The molecule has 0 aliphatic carbocycles. The number of benzene rings is 2. The molecule has 2 aromatic rings. The zero-order valence-electron chi connectivity index (χ0n) is 21.1. The molecule has 2 aromatic carbocycles. The molecule has 0 saturated heterocycles. The Bertz CT molecular complexity index is 1060. The first-order valence-electron chi connectivity index (χ1n) is 12.1. The van der Waals surface area contributed by atoms with Gasteiger partial charge in [0.05, 0.1) is 0 Å². The fourth-order valence-corrected chi connectivity index (χ4v) is 4.48. The third kappa shape index (κ3) is 6.47. The molecule has 0 aromatic heterocycles. The minimum Gasteiger partial charge on any atom is -0.507 e. The second-order valence-corrected chi connectivity index (χ2v) is 9.02. The highest BCUT2D eigenvalue weighted by molar-refractivity contribution is 5.99. The quantitative estimate of drug-likeness (QED) is 0.339.